The Kier molecular flexibility index (Phi) is 7.94. The SMILES string of the molecule is CC(C)n1cc(-c2ccc(C(=O)C(=O)NC(CN3CCCC3)C(O)c3cc(F)c4c(c3)OCCO4)cc2)cn1. The molecular formula is C29H33FN4O5. The minimum atomic E-state index is -1.27. The highest BCUT2D eigenvalue weighted by Crippen LogP contribution is 2.36. The van der Waals surface area contributed by atoms with Gasteiger partial charge in [0.15, 0.2) is 17.3 Å². The van der Waals surface area contributed by atoms with E-state index in [9.17, 15) is 19.1 Å². The molecule has 2 aromatic carbocycles. The summed E-state index contributed by atoms with van der Waals surface area (Å²) in [5.74, 6) is -1.99. The minimum absolute atomic E-state index is 0.00695. The second-order valence-corrected chi connectivity index (χ2v) is 10.3. The van der Waals surface area contributed by atoms with Crippen LogP contribution in [0.3, 0.4) is 0 Å². The first-order valence-electron chi connectivity index (χ1n) is 13.3. The molecular weight excluding hydrogens is 503 g/mol. The summed E-state index contributed by atoms with van der Waals surface area (Å²) in [6.07, 6.45) is 4.44. The number of amides is 1. The average molecular weight is 537 g/mol. The van der Waals surface area contributed by atoms with Crippen molar-refractivity contribution in [2.45, 2.75) is 44.9 Å². The van der Waals surface area contributed by atoms with Gasteiger partial charge in [0.1, 0.15) is 19.3 Å². The molecule has 9 nitrogen and oxygen atoms in total. The molecule has 2 unspecified atom stereocenters. The van der Waals surface area contributed by atoms with E-state index in [2.05, 4.69) is 15.3 Å². The van der Waals surface area contributed by atoms with E-state index in [1.165, 1.54) is 12.1 Å². The van der Waals surface area contributed by atoms with E-state index in [4.69, 9.17) is 9.47 Å². The second-order valence-electron chi connectivity index (χ2n) is 10.3. The Hall–Kier alpha value is -3.76. The molecule has 1 amide bonds. The maximum Gasteiger partial charge on any atom is 0.292 e. The lowest BCUT2D eigenvalue weighted by atomic mass is 9.99. The van der Waals surface area contributed by atoms with E-state index in [-0.39, 0.29) is 41.9 Å². The first kappa shape index (κ1) is 26.8. The van der Waals surface area contributed by atoms with Gasteiger partial charge in [-0.15, -0.1) is 0 Å². The predicted octanol–water partition coefficient (Wildman–Crippen LogP) is 3.54. The topological polar surface area (TPSA) is 106 Å². The van der Waals surface area contributed by atoms with Crippen LogP contribution in [0, 0.1) is 5.82 Å². The van der Waals surface area contributed by atoms with Gasteiger partial charge in [-0.1, -0.05) is 24.3 Å². The van der Waals surface area contributed by atoms with Crippen molar-refractivity contribution in [2.75, 3.05) is 32.8 Å². The van der Waals surface area contributed by atoms with Crippen molar-refractivity contribution in [3.05, 3.63) is 65.7 Å². The Morgan fingerprint density at radius 2 is 1.79 bits per heavy atom. The first-order valence-corrected chi connectivity index (χ1v) is 13.3. The molecule has 2 N–H and O–H groups in total. The van der Waals surface area contributed by atoms with Gasteiger partial charge in [0, 0.05) is 29.9 Å². The lowest BCUT2D eigenvalue weighted by Gasteiger charge is -2.29. The molecule has 0 aliphatic carbocycles. The molecule has 2 atom stereocenters. The summed E-state index contributed by atoms with van der Waals surface area (Å²) >= 11 is 0. The number of aliphatic hydroxyl groups excluding tert-OH is 1. The number of hydrogen-bond donors (Lipinski definition) is 2. The summed E-state index contributed by atoms with van der Waals surface area (Å²) in [5, 5.41) is 18.3. The third kappa shape index (κ3) is 5.97. The van der Waals surface area contributed by atoms with Crippen LogP contribution in [-0.4, -0.2) is 70.4 Å². The lowest BCUT2D eigenvalue weighted by Crippen LogP contribution is -2.48. The fourth-order valence-corrected chi connectivity index (χ4v) is 4.95. The zero-order valence-corrected chi connectivity index (χ0v) is 22.1. The van der Waals surface area contributed by atoms with Crippen molar-refractivity contribution >= 4 is 11.7 Å². The number of carbonyl (C=O) groups is 2. The van der Waals surface area contributed by atoms with Crippen molar-refractivity contribution in [1.29, 1.82) is 0 Å². The summed E-state index contributed by atoms with van der Waals surface area (Å²) in [5.41, 5.74) is 2.25. The Morgan fingerprint density at radius 1 is 1.08 bits per heavy atom. The molecule has 0 radical (unpaired) electrons. The molecule has 0 bridgehead atoms. The quantitative estimate of drug-likeness (QED) is 0.318. The third-order valence-corrected chi connectivity index (χ3v) is 7.13. The maximum atomic E-state index is 14.7. The standard InChI is InChI=1S/C29H33FN4O5/c1-18(2)34-16-22(15-31-34)19-5-7-20(8-6-19)27(36)29(37)32-24(17-33-9-3-4-10-33)26(35)21-13-23(30)28-25(14-21)38-11-12-39-28/h5-8,13-16,18,24,26,35H,3-4,9-12,17H2,1-2H3,(H,32,37). The number of rotatable bonds is 9. The molecule has 3 heterocycles. The van der Waals surface area contributed by atoms with Crippen molar-refractivity contribution in [1.82, 2.24) is 20.0 Å². The van der Waals surface area contributed by atoms with E-state index in [0.29, 0.717) is 6.54 Å². The number of ketones is 1. The highest BCUT2D eigenvalue weighted by Gasteiger charge is 2.31. The van der Waals surface area contributed by atoms with Gasteiger partial charge in [0.05, 0.1) is 12.2 Å². The minimum Gasteiger partial charge on any atom is -0.486 e. The number of likely N-dealkylation sites (tertiary alicyclic amines) is 1. The monoisotopic (exact) mass is 536 g/mol. The predicted molar refractivity (Wildman–Crippen MR) is 142 cm³/mol. The Bertz CT molecular complexity index is 1330. The summed E-state index contributed by atoms with van der Waals surface area (Å²) < 4.78 is 27.4. The number of carbonyl (C=O) groups excluding carboxylic acids is 2. The summed E-state index contributed by atoms with van der Waals surface area (Å²) in [7, 11) is 0. The van der Waals surface area contributed by atoms with Crippen molar-refractivity contribution in [3.63, 3.8) is 0 Å². The number of hydrogen-bond acceptors (Lipinski definition) is 7. The van der Waals surface area contributed by atoms with Crippen molar-refractivity contribution < 1.29 is 28.6 Å². The van der Waals surface area contributed by atoms with E-state index in [0.717, 1.165) is 37.1 Å². The molecule has 1 aromatic heterocycles. The molecule has 2 aliphatic rings. The van der Waals surface area contributed by atoms with E-state index in [1.54, 1.807) is 30.5 Å². The van der Waals surface area contributed by atoms with Crippen molar-refractivity contribution in [2.24, 2.45) is 0 Å². The summed E-state index contributed by atoms with van der Waals surface area (Å²) in [6, 6.07) is 8.84. The molecule has 1 saturated heterocycles. The van der Waals surface area contributed by atoms with Crippen LogP contribution in [-0.2, 0) is 4.79 Å². The number of aromatic nitrogens is 2. The van der Waals surface area contributed by atoms with E-state index in [1.807, 2.05) is 24.7 Å². The highest BCUT2D eigenvalue weighted by molar-refractivity contribution is 6.42. The molecule has 206 valence electrons. The highest BCUT2D eigenvalue weighted by atomic mass is 19.1. The Balaban J connectivity index is 1.32. The van der Waals surface area contributed by atoms with Gasteiger partial charge < -0.3 is 24.8 Å². The number of benzene rings is 2. The van der Waals surface area contributed by atoms with Crippen LogP contribution in [0.25, 0.3) is 11.1 Å². The largest absolute Gasteiger partial charge is 0.486 e. The van der Waals surface area contributed by atoms with Crippen LogP contribution in [0.1, 0.15) is 54.8 Å². The maximum absolute atomic E-state index is 14.7. The van der Waals surface area contributed by atoms with Gasteiger partial charge in [-0.2, -0.15) is 5.10 Å². The molecule has 0 saturated carbocycles. The fourth-order valence-electron chi connectivity index (χ4n) is 4.95. The van der Waals surface area contributed by atoms with Gasteiger partial charge in [-0.05, 0) is 63.0 Å². The molecule has 3 aromatic rings. The van der Waals surface area contributed by atoms with E-state index < -0.39 is 29.7 Å². The smallest absolute Gasteiger partial charge is 0.292 e. The van der Waals surface area contributed by atoms with Crippen LogP contribution in [0.4, 0.5) is 4.39 Å². The van der Waals surface area contributed by atoms with Crippen LogP contribution in [0.15, 0.2) is 48.8 Å². The number of Topliss-reactive ketones (excluding diaryl/α,β-unsaturated/α-hetero) is 1. The lowest BCUT2D eigenvalue weighted by molar-refractivity contribution is -0.118. The number of fused-ring (bicyclic) bond motifs is 1. The van der Waals surface area contributed by atoms with Crippen molar-refractivity contribution in [3.8, 4) is 22.6 Å². The third-order valence-electron chi connectivity index (χ3n) is 7.13. The molecule has 5 rings (SSSR count). The van der Waals surface area contributed by atoms with Gasteiger partial charge in [-0.3, -0.25) is 14.3 Å². The van der Waals surface area contributed by atoms with Gasteiger partial charge in [0.2, 0.25) is 5.78 Å². The molecule has 0 spiro atoms. The zero-order valence-electron chi connectivity index (χ0n) is 22.1. The number of halogens is 1. The zero-order chi connectivity index (χ0) is 27.5. The normalized spacial score (nSPS) is 16.7. The number of aliphatic hydroxyl groups is 1. The Labute approximate surface area is 226 Å². The number of ether oxygens (including phenoxy) is 2. The molecule has 39 heavy (non-hydrogen) atoms. The first-order chi connectivity index (χ1) is 18.8. The van der Waals surface area contributed by atoms with Crippen LogP contribution in [0.2, 0.25) is 0 Å². The van der Waals surface area contributed by atoms with E-state index >= 15 is 0 Å². The van der Waals surface area contributed by atoms with Gasteiger partial charge in [0.25, 0.3) is 5.91 Å². The number of nitrogens with one attached hydrogen (secondary N) is 1. The molecule has 2 aliphatic heterocycles. The summed E-state index contributed by atoms with van der Waals surface area (Å²) in [4.78, 5) is 28.2. The summed E-state index contributed by atoms with van der Waals surface area (Å²) in [6.45, 7) is 6.53. The average Bonchev–Trinajstić information content (AvgIpc) is 3.65. The van der Waals surface area contributed by atoms with Crippen LogP contribution in [0.5, 0.6) is 11.5 Å². The molecule has 1 fully saturated rings. The van der Waals surface area contributed by atoms with Crippen LogP contribution >= 0.6 is 0 Å². The molecule has 10 heteroatoms. The fraction of sp³-hybridized carbons (Fsp3) is 0.414. The second kappa shape index (κ2) is 11.5. The van der Waals surface area contributed by atoms with Crippen LogP contribution < -0.4 is 14.8 Å². The number of nitrogens with zero attached hydrogens (tertiary/aromatic N) is 3. The Morgan fingerprint density at radius 3 is 2.49 bits per heavy atom. The van der Waals surface area contributed by atoms with Gasteiger partial charge >= 0.3 is 0 Å². The van der Waals surface area contributed by atoms with Gasteiger partial charge in [-0.25, -0.2) is 4.39 Å².